The third-order valence-corrected chi connectivity index (χ3v) is 2.97. The molecule has 0 radical (unpaired) electrons. The fraction of sp³-hybridized carbons (Fsp3) is 0.538. The largest absolute Gasteiger partial charge is 0.487 e. The Morgan fingerprint density at radius 2 is 2.00 bits per heavy atom. The summed E-state index contributed by atoms with van der Waals surface area (Å²) in [5.41, 5.74) is 0.395. The maximum Gasteiger partial charge on any atom is 0.182 e. The lowest BCUT2D eigenvalue weighted by Crippen LogP contribution is -2.15. The van der Waals surface area contributed by atoms with Gasteiger partial charge in [-0.1, -0.05) is 12.8 Å². The van der Waals surface area contributed by atoms with Crippen LogP contribution in [0.2, 0.25) is 0 Å². The van der Waals surface area contributed by atoms with Crippen LogP contribution in [0.15, 0.2) is 18.3 Å². The molecule has 16 heavy (non-hydrogen) atoms. The second-order valence-electron chi connectivity index (χ2n) is 4.19. The molecule has 0 N–H and O–H groups in total. The van der Waals surface area contributed by atoms with E-state index < -0.39 is 0 Å². The van der Waals surface area contributed by atoms with Gasteiger partial charge in [0.1, 0.15) is 6.07 Å². The van der Waals surface area contributed by atoms with Crippen molar-refractivity contribution in [1.29, 1.82) is 5.26 Å². The fourth-order valence-corrected chi connectivity index (χ4v) is 2.11. The smallest absolute Gasteiger partial charge is 0.182 e. The number of hydrogen-bond acceptors (Lipinski definition) is 3. The summed E-state index contributed by atoms with van der Waals surface area (Å²) in [6.07, 6.45) is 9.15. The Morgan fingerprint density at radius 1 is 1.25 bits per heavy atom. The number of rotatable bonds is 2. The van der Waals surface area contributed by atoms with E-state index in [1.165, 1.54) is 25.7 Å². The molecule has 0 atom stereocenters. The van der Waals surface area contributed by atoms with E-state index in [-0.39, 0.29) is 6.10 Å². The molecule has 1 aliphatic rings. The maximum atomic E-state index is 8.91. The van der Waals surface area contributed by atoms with Crippen molar-refractivity contribution in [2.75, 3.05) is 0 Å². The number of aromatic nitrogens is 1. The van der Waals surface area contributed by atoms with Crippen molar-refractivity contribution in [2.45, 2.75) is 44.6 Å². The highest BCUT2D eigenvalue weighted by atomic mass is 16.5. The van der Waals surface area contributed by atoms with E-state index in [4.69, 9.17) is 10.00 Å². The van der Waals surface area contributed by atoms with Gasteiger partial charge in [0.2, 0.25) is 0 Å². The topological polar surface area (TPSA) is 45.9 Å². The van der Waals surface area contributed by atoms with Gasteiger partial charge in [-0.15, -0.1) is 0 Å². The first kappa shape index (κ1) is 10.9. The van der Waals surface area contributed by atoms with Crippen molar-refractivity contribution < 1.29 is 4.74 Å². The van der Waals surface area contributed by atoms with Gasteiger partial charge >= 0.3 is 0 Å². The Balaban J connectivity index is 2.05. The van der Waals surface area contributed by atoms with Crippen molar-refractivity contribution in [2.24, 2.45) is 0 Å². The highest BCUT2D eigenvalue weighted by molar-refractivity contribution is 5.36. The van der Waals surface area contributed by atoms with Crippen molar-refractivity contribution in [3.05, 3.63) is 24.0 Å². The Bertz CT molecular complexity index is 376. The molecule has 0 saturated heterocycles. The van der Waals surface area contributed by atoms with Crippen LogP contribution in [-0.4, -0.2) is 11.1 Å². The van der Waals surface area contributed by atoms with Crippen molar-refractivity contribution >= 4 is 0 Å². The van der Waals surface area contributed by atoms with E-state index in [9.17, 15) is 0 Å². The molecular weight excluding hydrogens is 200 g/mol. The number of nitrogens with zero attached hydrogens (tertiary/aromatic N) is 2. The normalized spacial score (nSPS) is 17.4. The SMILES string of the molecule is N#Cc1ncccc1OC1CCCCCC1. The zero-order valence-electron chi connectivity index (χ0n) is 9.35. The Labute approximate surface area is 96.1 Å². The first-order valence-electron chi connectivity index (χ1n) is 5.92. The highest BCUT2D eigenvalue weighted by Crippen LogP contribution is 2.23. The molecule has 2 rings (SSSR count). The van der Waals surface area contributed by atoms with Crippen LogP contribution in [0.4, 0.5) is 0 Å². The van der Waals surface area contributed by atoms with Gasteiger partial charge in [0.15, 0.2) is 11.4 Å². The average molecular weight is 216 g/mol. The molecular formula is C13H16N2O. The van der Waals surface area contributed by atoms with Crippen LogP contribution < -0.4 is 4.74 Å². The van der Waals surface area contributed by atoms with E-state index in [1.54, 1.807) is 6.20 Å². The van der Waals surface area contributed by atoms with Gasteiger partial charge in [0.25, 0.3) is 0 Å². The molecule has 0 spiro atoms. The zero-order chi connectivity index (χ0) is 11.2. The van der Waals surface area contributed by atoms with Crippen LogP contribution in [0.25, 0.3) is 0 Å². The minimum absolute atomic E-state index is 0.263. The average Bonchev–Trinajstić information content (AvgIpc) is 2.58. The van der Waals surface area contributed by atoms with E-state index in [2.05, 4.69) is 11.1 Å². The Kier molecular flexibility index (Phi) is 3.76. The second kappa shape index (κ2) is 5.50. The molecule has 0 amide bonds. The van der Waals surface area contributed by atoms with Gasteiger partial charge in [0, 0.05) is 6.20 Å². The van der Waals surface area contributed by atoms with Gasteiger partial charge in [-0.2, -0.15) is 5.26 Å². The summed E-state index contributed by atoms with van der Waals surface area (Å²) >= 11 is 0. The molecule has 0 bridgehead atoms. The predicted octanol–water partition coefficient (Wildman–Crippen LogP) is 3.05. The molecule has 1 heterocycles. The lowest BCUT2D eigenvalue weighted by Gasteiger charge is -2.17. The first-order valence-corrected chi connectivity index (χ1v) is 5.92. The van der Waals surface area contributed by atoms with Crippen LogP contribution in [0.1, 0.15) is 44.2 Å². The zero-order valence-corrected chi connectivity index (χ0v) is 9.35. The molecule has 84 valence electrons. The summed E-state index contributed by atoms with van der Waals surface area (Å²) in [4.78, 5) is 4.00. The highest BCUT2D eigenvalue weighted by Gasteiger charge is 2.15. The van der Waals surface area contributed by atoms with Crippen molar-refractivity contribution in [3.8, 4) is 11.8 Å². The lowest BCUT2D eigenvalue weighted by atomic mass is 10.1. The molecule has 0 unspecified atom stereocenters. The van der Waals surface area contributed by atoms with Crippen LogP contribution in [0.5, 0.6) is 5.75 Å². The predicted molar refractivity (Wildman–Crippen MR) is 61.1 cm³/mol. The van der Waals surface area contributed by atoms with Crippen LogP contribution in [0, 0.1) is 11.3 Å². The Hall–Kier alpha value is -1.56. The van der Waals surface area contributed by atoms with E-state index >= 15 is 0 Å². The van der Waals surface area contributed by atoms with Gasteiger partial charge in [-0.3, -0.25) is 0 Å². The molecule has 3 heteroatoms. The summed E-state index contributed by atoms with van der Waals surface area (Å²) in [5.74, 6) is 0.636. The minimum atomic E-state index is 0.263. The summed E-state index contributed by atoms with van der Waals surface area (Å²) < 4.78 is 5.87. The van der Waals surface area contributed by atoms with Crippen LogP contribution >= 0.6 is 0 Å². The minimum Gasteiger partial charge on any atom is -0.487 e. The molecule has 1 aliphatic carbocycles. The van der Waals surface area contributed by atoms with Gasteiger partial charge in [0.05, 0.1) is 6.10 Å². The molecule has 1 saturated carbocycles. The molecule has 1 aromatic rings. The second-order valence-corrected chi connectivity index (χ2v) is 4.19. The first-order chi connectivity index (χ1) is 7.90. The molecule has 1 fully saturated rings. The molecule has 1 aromatic heterocycles. The van der Waals surface area contributed by atoms with Crippen LogP contribution in [-0.2, 0) is 0 Å². The lowest BCUT2D eigenvalue weighted by molar-refractivity contribution is 0.182. The van der Waals surface area contributed by atoms with E-state index in [1.807, 2.05) is 12.1 Å². The standard InChI is InChI=1S/C13H16N2O/c14-10-12-13(8-5-9-15-12)16-11-6-3-1-2-4-7-11/h5,8-9,11H,1-4,6-7H2. The molecule has 0 aromatic carbocycles. The van der Waals surface area contributed by atoms with E-state index in [0.29, 0.717) is 11.4 Å². The van der Waals surface area contributed by atoms with Crippen molar-refractivity contribution in [3.63, 3.8) is 0 Å². The number of nitriles is 1. The van der Waals surface area contributed by atoms with Crippen molar-refractivity contribution in [1.82, 2.24) is 4.98 Å². The monoisotopic (exact) mass is 216 g/mol. The third-order valence-electron chi connectivity index (χ3n) is 2.97. The van der Waals surface area contributed by atoms with Gasteiger partial charge in [-0.05, 0) is 37.8 Å². The maximum absolute atomic E-state index is 8.91. The number of pyridine rings is 1. The number of ether oxygens (including phenoxy) is 1. The molecule has 3 nitrogen and oxygen atoms in total. The summed E-state index contributed by atoms with van der Waals surface area (Å²) in [6, 6.07) is 5.71. The van der Waals surface area contributed by atoms with Crippen LogP contribution in [0.3, 0.4) is 0 Å². The summed E-state index contributed by atoms with van der Waals surface area (Å²) in [7, 11) is 0. The summed E-state index contributed by atoms with van der Waals surface area (Å²) in [5, 5.41) is 8.91. The molecule has 0 aliphatic heterocycles. The fourth-order valence-electron chi connectivity index (χ4n) is 2.11. The Morgan fingerprint density at radius 3 is 2.69 bits per heavy atom. The van der Waals surface area contributed by atoms with Gasteiger partial charge < -0.3 is 4.74 Å². The summed E-state index contributed by atoms with van der Waals surface area (Å²) in [6.45, 7) is 0. The quantitative estimate of drug-likeness (QED) is 0.714. The van der Waals surface area contributed by atoms with Gasteiger partial charge in [-0.25, -0.2) is 4.98 Å². The third kappa shape index (κ3) is 2.73. The van der Waals surface area contributed by atoms with E-state index in [0.717, 1.165) is 12.8 Å². The number of hydrogen-bond donors (Lipinski definition) is 0.